The lowest BCUT2D eigenvalue weighted by molar-refractivity contribution is -0.121. The second kappa shape index (κ2) is 5.44. The van der Waals surface area contributed by atoms with Gasteiger partial charge in [-0.2, -0.15) is 0 Å². The molecule has 0 unspecified atom stereocenters. The standard InChI is InChI=1S/C17H13NO4/c19-15-10-14(11-4-2-1-3-5-11)16(20)18(15)13-8-6-12(7-9-13)17(21)22/h1-9,14H,10H2,(H,21,22)/t14-/m1/s1. The van der Waals surface area contributed by atoms with Gasteiger partial charge in [0.2, 0.25) is 11.8 Å². The molecule has 2 aromatic rings. The van der Waals surface area contributed by atoms with Gasteiger partial charge in [-0.1, -0.05) is 30.3 Å². The topological polar surface area (TPSA) is 74.7 Å². The number of benzene rings is 2. The normalized spacial score (nSPS) is 17.8. The summed E-state index contributed by atoms with van der Waals surface area (Å²) in [7, 11) is 0. The van der Waals surface area contributed by atoms with Crippen LogP contribution in [0.25, 0.3) is 0 Å². The van der Waals surface area contributed by atoms with Crippen molar-refractivity contribution in [2.75, 3.05) is 4.90 Å². The van der Waals surface area contributed by atoms with Crippen LogP contribution in [0.4, 0.5) is 5.69 Å². The predicted octanol–water partition coefficient (Wildman–Crippen LogP) is 2.43. The van der Waals surface area contributed by atoms with Crippen molar-refractivity contribution in [2.45, 2.75) is 12.3 Å². The average Bonchev–Trinajstić information content (AvgIpc) is 2.83. The fourth-order valence-electron chi connectivity index (χ4n) is 2.60. The third-order valence-corrected chi connectivity index (χ3v) is 3.72. The molecule has 2 amide bonds. The Labute approximate surface area is 126 Å². The number of carboxylic acid groups (broad SMARTS) is 1. The van der Waals surface area contributed by atoms with Gasteiger partial charge in [0.15, 0.2) is 0 Å². The first-order valence-corrected chi connectivity index (χ1v) is 6.83. The highest BCUT2D eigenvalue weighted by Gasteiger charge is 2.40. The van der Waals surface area contributed by atoms with Gasteiger partial charge in [0.05, 0.1) is 17.2 Å². The Kier molecular flexibility index (Phi) is 3.47. The summed E-state index contributed by atoms with van der Waals surface area (Å²) in [5.74, 6) is -2.08. The molecule has 0 bridgehead atoms. The monoisotopic (exact) mass is 295 g/mol. The SMILES string of the molecule is O=C(O)c1ccc(N2C(=O)C[C@H](c3ccccc3)C2=O)cc1. The number of anilines is 1. The Morgan fingerprint density at radius 3 is 2.23 bits per heavy atom. The maximum atomic E-state index is 12.5. The van der Waals surface area contributed by atoms with E-state index in [1.807, 2.05) is 30.3 Å². The van der Waals surface area contributed by atoms with Crippen molar-refractivity contribution in [3.63, 3.8) is 0 Å². The highest BCUT2D eigenvalue weighted by Crippen LogP contribution is 2.33. The Morgan fingerprint density at radius 2 is 1.64 bits per heavy atom. The highest BCUT2D eigenvalue weighted by atomic mass is 16.4. The number of nitrogens with zero attached hydrogens (tertiary/aromatic N) is 1. The van der Waals surface area contributed by atoms with E-state index in [-0.39, 0.29) is 23.8 Å². The van der Waals surface area contributed by atoms with Gasteiger partial charge in [0, 0.05) is 6.42 Å². The van der Waals surface area contributed by atoms with Gasteiger partial charge >= 0.3 is 5.97 Å². The summed E-state index contributed by atoms with van der Waals surface area (Å²) in [6, 6.07) is 14.9. The van der Waals surface area contributed by atoms with Gasteiger partial charge in [-0.15, -0.1) is 0 Å². The minimum absolute atomic E-state index is 0.113. The van der Waals surface area contributed by atoms with Gasteiger partial charge in [-0.05, 0) is 29.8 Å². The van der Waals surface area contributed by atoms with Crippen LogP contribution in [0.3, 0.4) is 0 Å². The molecule has 22 heavy (non-hydrogen) atoms. The van der Waals surface area contributed by atoms with E-state index in [1.54, 1.807) is 0 Å². The third kappa shape index (κ3) is 2.37. The minimum Gasteiger partial charge on any atom is -0.478 e. The van der Waals surface area contributed by atoms with Crippen molar-refractivity contribution >= 4 is 23.5 Å². The third-order valence-electron chi connectivity index (χ3n) is 3.72. The number of imide groups is 1. The van der Waals surface area contributed by atoms with Gasteiger partial charge in [-0.3, -0.25) is 14.5 Å². The van der Waals surface area contributed by atoms with E-state index in [9.17, 15) is 14.4 Å². The van der Waals surface area contributed by atoms with Gasteiger partial charge < -0.3 is 5.11 Å². The largest absolute Gasteiger partial charge is 0.478 e. The first-order valence-electron chi connectivity index (χ1n) is 6.83. The molecule has 110 valence electrons. The number of carbonyl (C=O) groups excluding carboxylic acids is 2. The van der Waals surface area contributed by atoms with Gasteiger partial charge in [0.25, 0.3) is 0 Å². The molecular formula is C17H13NO4. The number of aromatic carboxylic acids is 1. The molecule has 0 aromatic heterocycles. The van der Waals surface area contributed by atoms with Gasteiger partial charge in [0.1, 0.15) is 0 Å². The summed E-state index contributed by atoms with van der Waals surface area (Å²) >= 11 is 0. The van der Waals surface area contributed by atoms with Crippen molar-refractivity contribution in [3.05, 3.63) is 65.7 Å². The molecule has 0 spiro atoms. The Hall–Kier alpha value is -2.95. The van der Waals surface area contributed by atoms with Crippen LogP contribution >= 0.6 is 0 Å². The average molecular weight is 295 g/mol. The zero-order chi connectivity index (χ0) is 15.7. The molecule has 1 heterocycles. The van der Waals surface area contributed by atoms with E-state index < -0.39 is 11.9 Å². The quantitative estimate of drug-likeness (QED) is 0.882. The molecular weight excluding hydrogens is 282 g/mol. The second-order valence-corrected chi connectivity index (χ2v) is 5.09. The molecule has 5 heteroatoms. The highest BCUT2D eigenvalue weighted by molar-refractivity contribution is 6.22. The molecule has 2 aromatic carbocycles. The smallest absolute Gasteiger partial charge is 0.335 e. The van der Waals surface area contributed by atoms with Crippen LogP contribution in [-0.2, 0) is 9.59 Å². The number of hydrogen-bond donors (Lipinski definition) is 1. The molecule has 1 aliphatic heterocycles. The van der Waals surface area contributed by atoms with E-state index >= 15 is 0 Å². The zero-order valence-corrected chi connectivity index (χ0v) is 11.6. The minimum atomic E-state index is -1.05. The van der Waals surface area contributed by atoms with Crippen LogP contribution in [0.2, 0.25) is 0 Å². The molecule has 5 nitrogen and oxygen atoms in total. The molecule has 0 saturated carbocycles. The number of amides is 2. The Bertz CT molecular complexity index is 737. The lowest BCUT2D eigenvalue weighted by Gasteiger charge is -2.15. The second-order valence-electron chi connectivity index (χ2n) is 5.09. The lowest BCUT2D eigenvalue weighted by Crippen LogP contribution is -2.30. The number of hydrogen-bond acceptors (Lipinski definition) is 3. The van der Waals surface area contributed by atoms with Crippen molar-refractivity contribution < 1.29 is 19.5 Å². The van der Waals surface area contributed by atoms with Gasteiger partial charge in [-0.25, -0.2) is 4.79 Å². The van der Waals surface area contributed by atoms with E-state index in [2.05, 4.69) is 0 Å². The molecule has 3 rings (SSSR count). The Balaban J connectivity index is 1.90. The number of carbonyl (C=O) groups is 3. The van der Waals surface area contributed by atoms with Crippen molar-refractivity contribution in [2.24, 2.45) is 0 Å². The van der Waals surface area contributed by atoms with Crippen molar-refractivity contribution in [1.29, 1.82) is 0 Å². The van der Waals surface area contributed by atoms with Crippen LogP contribution in [0.15, 0.2) is 54.6 Å². The first kappa shape index (κ1) is 14.0. The summed E-state index contributed by atoms with van der Waals surface area (Å²) in [6.07, 6.45) is 0.129. The molecule has 1 atom stereocenters. The van der Waals surface area contributed by atoms with Crippen molar-refractivity contribution in [3.8, 4) is 0 Å². The lowest BCUT2D eigenvalue weighted by atomic mass is 9.98. The summed E-state index contributed by atoms with van der Waals surface area (Å²) in [5, 5.41) is 8.89. The van der Waals surface area contributed by atoms with Crippen molar-refractivity contribution in [1.82, 2.24) is 0 Å². The van der Waals surface area contributed by atoms with E-state index in [1.165, 1.54) is 24.3 Å². The molecule has 1 fully saturated rings. The van der Waals surface area contributed by atoms with Crippen LogP contribution < -0.4 is 4.90 Å². The first-order chi connectivity index (χ1) is 10.6. The molecule has 1 aliphatic rings. The summed E-state index contributed by atoms with van der Waals surface area (Å²) in [6.45, 7) is 0. The molecule has 1 saturated heterocycles. The predicted molar refractivity (Wildman–Crippen MR) is 79.7 cm³/mol. The van der Waals surface area contributed by atoms with Crippen LogP contribution in [0, 0.1) is 0 Å². The van der Waals surface area contributed by atoms with E-state index in [4.69, 9.17) is 5.11 Å². The van der Waals surface area contributed by atoms with Crippen LogP contribution in [-0.4, -0.2) is 22.9 Å². The summed E-state index contributed by atoms with van der Waals surface area (Å²) in [5.41, 5.74) is 1.33. The van der Waals surface area contributed by atoms with Crippen LogP contribution in [0.1, 0.15) is 28.3 Å². The maximum Gasteiger partial charge on any atom is 0.335 e. The fraction of sp³-hybridized carbons (Fsp3) is 0.118. The summed E-state index contributed by atoms with van der Waals surface area (Å²) < 4.78 is 0. The molecule has 1 N–H and O–H groups in total. The molecule has 0 radical (unpaired) electrons. The van der Waals surface area contributed by atoms with E-state index in [0.717, 1.165) is 10.5 Å². The zero-order valence-electron chi connectivity index (χ0n) is 11.6. The fourth-order valence-corrected chi connectivity index (χ4v) is 2.60. The van der Waals surface area contributed by atoms with E-state index in [0.29, 0.717) is 5.69 Å². The number of rotatable bonds is 3. The molecule has 0 aliphatic carbocycles. The van der Waals surface area contributed by atoms with Crippen LogP contribution in [0.5, 0.6) is 0 Å². The number of carboxylic acids is 1. The maximum absolute atomic E-state index is 12.5. The summed E-state index contributed by atoms with van der Waals surface area (Å²) in [4.78, 5) is 36.7. The Morgan fingerprint density at radius 1 is 1.00 bits per heavy atom.